The molecule has 1 aliphatic heterocycles. The van der Waals surface area contributed by atoms with Crippen molar-refractivity contribution in [2.24, 2.45) is 11.7 Å². The van der Waals surface area contributed by atoms with Crippen molar-refractivity contribution in [3.63, 3.8) is 0 Å². The maximum absolute atomic E-state index is 12.0. The number of thioether (sulfide) groups is 1. The third-order valence-electron chi connectivity index (χ3n) is 3.45. The highest BCUT2D eigenvalue weighted by atomic mass is 32.2. The molecule has 0 amide bonds. The van der Waals surface area contributed by atoms with Gasteiger partial charge >= 0.3 is 0 Å². The lowest BCUT2D eigenvalue weighted by Gasteiger charge is -2.24. The van der Waals surface area contributed by atoms with Gasteiger partial charge in [-0.3, -0.25) is 9.69 Å². The van der Waals surface area contributed by atoms with Crippen LogP contribution in [0.5, 0.6) is 0 Å². The van der Waals surface area contributed by atoms with Gasteiger partial charge in [0.25, 0.3) is 0 Å². The molecule has 1 atom stereocenters. The van der Waals surface area contributed by atoms with Crippen molar-refractivity contribution in [2.45, 2.75) is 37.6 Å². The molecule has 0 aromatic carbocycles. The van der Waals surface area contributed by atoms with Crippen molar-refractivity contribution >= 4 is 17.5 Å². The van der Waals surface area contributed by atoms with Crippen LogP contribution >= 0.6 is 11.8 Å². The van der Waals surface area contributed by atoms with E-state index in [-0.39, 0.29) is 5.50 Å². The molecule has 0 spiro atoms. The summed E-state index contributed by atoms with van der Waals surface area (Å²) >= 11 is 1.75. The van der Waals surface area contributed by atoms with Crippen molar-refractivity contribution in [1.82, 2.24) is 4.90 Å². The quantitative estimate of drug-likeness (QED) is 0.793. The maximum Gasteiger partial charge on any atom is 0.149 e. The lowest BCUT2D eigenvalue weighted by molar-refractivity contribution is -0.124. The molecule has 0 aromatic heterocycles. The third-order valence-corrected chi connectivity index (χ3v) is 4.50. The number of hydrogen-bond donors (Lipinski definition) is 1. The van der Waals surface area contributed by atoms with Crippen LogP contribution in [0, 0.1) is 5.92 Å². The Morgan fingerprint density at radius 1 is 1.33 bits per heavy atom. The molecule has 2 fully saturated rings. The Bertz CT molecular complexity index is 229. The Morgan fingerprint density at radius 2 is 2.07 bits per heavy atom. The summed E-state index contributed by atoms with van der Waals surface area (Å²) in [4.78, 5) is 14.1. The summed E-state index contributed by atoms with van der Waals surface area (Å²) in [6, 6.07) is 0. The van der Waals surface area contributed by atoms with Gasteiger partial charge < -0.3 is 5.73 Å². The average molecular weight is 228 g/mol. The van der Waals surface area contributed by atoms with Crippen molar-refractivity contribution in [3.8, 4) is 0 Å². The van der Waals surface area contributed by atoms with E-state index in [9.17, 15) is 4.79 Å². The topological polar surface area (TPSA) is 46.3 Å². The molecule has 15 heavy (non-hydrogen) atoms. The van der Waals surface area contributed by atoms with Crippen LogP contribution in [-0.4, -0.2) is 35.0 Å². The maximum atomic E-state index is 12.0. The number of ketones is 1. The van der Waals surface area contributed by atoms with Gasteiger partial charge in [0.1, 0.15) is 11.3 Å². The van der Waals surface area contributed by atoms with E-state index >= 15 is 0 Å². The first-order valence-corrected chi connectivity index (χ1v) is 6.96. The molecule has 3 nitrogen and oxygen atoms in total. The summed E-state index contributed by atoms with van der Waals surface area (Å²) in [5, 5.41) is 0. The fourth-order valence-electron chi connectivity index (χ4n) is 2.45. The van der Waals surface area contributed by atoms with Crippen molar-refractivity contribution < 1.29 is 4.79 Å². The Hall–Kier alpha value is -0.0600. The van der Waals surface area contributed by atoms with E-state index in [0.717, 1.165) is 25.1 Å². The third kappa shape index (κ3) is 2.95. The van der Waals surface area contributed by atoms with E-state index in [4.69, 9.17) is 5.73 Å². The molecule has 2 N–H and O–H groups in total. The van der Waals surface area contributed by atoms with E-state index in [1.54, 1.807) is 11.8 Å². The minimum atomic E-state index is 0.0533. The molecule has 1 aliphatic carbocycles. The first-order valence-electron chi connectivity index (χ1n) is 5.91. The normalized spacial score (nSPS) is 29.5. The minimum Gasteiger partial charge on any atom is -0.307 e. The summed E-state index contributed by atoms with van der Waals surface area (Å²) in [6.07, 6.45) is 5.99. The van der Waals surface area contributed by atoms with Gasteiger partial charge in [-0.1, -0.05) is 19.3 Å². The molecule has 2 aliphatic rings. The molecular weight excluding hydrogens is 208 g/mol. The molecule has 0 aromatic rings. The van der Waals surface area contributed by atoms with Gasteiger partial charge in [-0.05, 0) is 12.8 Å². The number of carbonyl (C=O) groups is 1. The molecule has 1 saturated carbocycles. The van der Waals surface area contributed by atoms with Gasteiger partial charge in [-0.2, -0.15) is 0 Å². The lowest BCUT2D eigenvalue weighted by atomic mass is 9.86. The van der Waals surface area contributed by atoms with Crippen LogP contribution in [-0.2, 0) is 4.79 Å². The second-order valence-corrected chi connectivity index (χ2v) is 5.76. The summed E-state index contributed by atoms with van der Waals surface area (Å²) < 4.78 is 0. The second kappa shape index (κ2) is 5.32. The van der Waals surface area contributed by atoms with Gasteiger partial charge in [-0.15, -0.1) is 11.8 Å². The first-order chi connectivity index (χ1) is 7.27. The monoisotopic (exact) mass is 228 g/mol. The standard InChI is InChI=1S/C11H20N2OS/c12-11-13(6-7-15-11)8-10(14)9-4-2-1-3-5-9/h9,11H,1-8,12H2. The summed E-state index contributed by atoms with van der Waals surface area (Å²) in [7, 11) is 0. The van der Waals surface area contributed by atoms with E-state index < -0.39 is 0 Å². The fraction of sp³-hybridized carbons (Fsp3) is 0.909. The summed E-state index contributed by atoms with van der Waals surface area (Å²) in [5.74, 6) is 1.82. The number of nitrogens with zero attached hydrogens (tertiary/aromatic N) is 1. The van der Waals surface area contributed by atoms with Crippen molar-refractivity contribution in [3.05, 3.63) is 0 Å². The number of Topliss-reactive ketones (excluding diaryl/α,β-unsaturated/α-hetero) is 1. The fourth-order valence-corrected chi connectivity index (χ4v) is 3.42. The SMILES string of the molecule is NC1SCCN1CC(=O)C1CCCCC1. The van der Waals surface area contributed by atoms with E-state index in [2.05, 4.69) is 4.90 Å². The van der Waals surface area contributed by atoms with E-state index in [1.165, 1.54) is 19.3 Å². The highest BCUT2D eigenvalue weighted by molar-refractivity contribution is 8.00. The van der Waals surface area contributed by atoms with Crippen LogP contribution in [0.1, 0.15) is 32.1 Å². The van der Waals surface area contributed by atoms with E-state index in [0.29, 0.717) is 18.2 Å². The zero-order valence-electron chi connectivity index (χ0n) is 9.15. The van der Waals surface area contributed by atoms with Crippen LogP contribution in [0.3, 0.4) is 0 Å². The number of hydrogen-bond acceptors (Lipinski definition) is 4. The largest absolute Gasteiger partial charge is 0.307 e. The summed E-state index contributed by atoms with van der Waals surface area (Å²) in [5.41, 5.74) is 5.95. The zero-order chi connectivity index (χ0) is 10.7. The van der Waals surface area contributed by atoms with Crippen LogP contribution in [0.2, 0.25) is 0 Å². The minimum absolute atomic E-state index is 0.0533. The number of nitrogens with two attached hydrogens (primary N) is 1. The zero-order valence-corrected chi connectivity index (χ0v) is 9.97. The van der Waals surface area contributed by atoms with Gasteiger partial charge in [0.15, 0.2) is 0 Å². The molecule has 0 radical (unpaired) electrons. The average Bonchev–Trinajstić information content (AvgIpc) is 2.66. The van der Waals surface area contributed by atoms with Crippen LogP contribution in [0.4, 0.5) is 0 Å². The smallest absolute Gasteiger partial charge is 0.149 e. The molecule has 2 rings (SSSR count). The molecule has 86 valence electrons. The highest BCUT2D eigenvalue weighted by Gasteiger charge is 2.27. The van der Waals surface area contributed by atoms with Crippen LogP contribution in [0.25, 0.3) is 0 Å². The Balaban J connectivity index is 1.80. The first kappa shape index (κ1) is 11.4. The van der Waals surface area contributed by atoms with E-state index in [1.807, 2.05) is 0 Å². The number of rotatable bonds is 3. The van der Waals surface area contributed by atoms with Gasteiger partial charge in [0.2, 0.25) is 0 Å². The Kier molecular flexibility index (Phi) is 4.05. The van der Waals surface area contributed by atoms with Crippen LogP contribution < -0.4 is 5.73 Å². The molecule has 1 heterocycles. The molecule has 0 bridgehead atoms. The second-order valence-electron chi connectivity index (χ2n) is 4.53. The molecular formula is C11H20N2OS. The predicted molar refractivity (Wildman–Crippen MR) is 63.6 cm³/mol. The molecule has 4 heteroatoms. The molecule has 1 saturated heterocycles. The Morgan fingerprint density at radius 3 is 2.67 bits per heavy atom. The van der Waals surface area contributed by atoms with Crippen molar-refractivity contribution in [2.75, 3.05) is 18.8 Å². The lowest BCUT2D eigenvalue weighted by Crippen LogP contribution is -2.40. The predicted octanol–water partition coefficient (Wildman–Crippen LogP) is 1.43. The van der Waals surface area contributed by atoms with Gasteiger partial charge in [0.05, 0.1) is 6.54 Å². The van der Waals surface area contributed by atoms with Crippen molar-refractivity contribution in [1.29, 1.82) is 0 Å². The van der Waals surface area contributed by atoms with Gasteiger partial charge in [0, 0.05) is 18.2 Å². The summed E-state index contributed by atoms with van der Waals surface area (Å²) in [6.45, 7) is 1.56. The molecule has 1 unspecified atom stereocenters. The highest BCUT2D eigenvalue weighted by Crippen LogP contribution is 2.26. The Labute approximate surface area is 95.8 Å². The van der Waals surface area contributed by atoms with Gasteiger partial charge in [-0.25, -0.2) is 0 Å². The number of carbonyl (C=O) groups excluding carboxylic acids is 1. The van der Waals surface area contributed by atoms with Crippen LogP contribution in [0.15, 0.2) is 0 Å².